The molecule has 0 radical (unpaired) electrons. The molecule has 0 bridgehead atoms. The summed E-state index contributed by atoms with van der Waals surface area (Å²) in [5.41, 5.74) is 1.73. The number of benzene rings is 1. The molecule has 0 fully saturated rings. The van der Waals surface area contributed by atoms with Crippen LogP contribution in [0.25, 0.3) is 10.9 Å². The molecule has 0 aliphatic carbocycles. The predicted octanol–water partition coefficient (Wildman–Crippen LogP) is 1.31. The Morgan fingerprint density at radius 3 is 2.68 bits per heavy atom. The first-order valence-electron chi connectivity index (χ1n) is 8.86. The number of nitrogens with zero attached hydrogens (tertiary/aromatic N) is 6. The van der Waals surface area contributed by atoms with E-state index in [1.54, 1.807) is 17.6 Å². The van der Waals surface area contributed by atoms with Crippen LogP contribution >= 0.6 is 0 Å². The van der Waals surface area contributed by atoms with E-state index in [1.807, 2.05) is 43.3 Å². The second kappa shape index (κ2) is 6.59. The number of aliphatic carboxylic acids is 1. The van der Waals surface area contributed by atoms with Crippen molar-refractivity contribution in [2.45, 2.75) is 26.1 Å². The maximum Gasteiger partial charge on any atom is 0.328 e. The minimum atomic E-state index is -1.07. The Labute approximate surface area is 161 Å². The van der Waals surface area contributed by atoms with Crippen LogP contribution in [0.3, 0.4) is 0 Å². The molecule has 1 amide bonds. The molecular weight excluding hydrogens is 360 g/mol. The van der Waals surface area contributed by atoms with Crippen molar-refractivity contribution in [2.75, 3.05) is 19.0 Å². The number of carbonyl (C=O) groups excluding carboxylic acids is 1. The molecule has 28 heavy (non-hydrogen) atoms. The van der Waals surface area contributed by atoms with E-state index in [1.165, 1.54) is 4.90 Å². The Hall–Kier alpha value is -3.49. The van der Waals surface area contributed by atoms with Gasteiger partial charge in [0, 0.05) is 25.2 Å². The molecule has 4 rings (SSSR count). The molecule has 0 spiro atoms. The monoisotopic (exact) mass is 380 g/mol. The van der Waals surface area contributed by atoms with Crippen LogP contribution in [0.2, 0.25) is 0 Å². The molecule has 0 saturated carbocycles. The highest BCUT2D eigenvalue weighted by Gasteiger charge is 2.37. The van der Waals surface area contributed by atoms with Gasteiger partial charge in [-0.3, -0.25) is 4.79 Å². The zero-order valence-corrected chi connectivity index (χ0v) is 15.8. The third-order valence-electron chi connectivity index (χ3n) is 5.00. The second-order valence-corrected chi connectivity index (χ2v) is 7.00. The number of hydrogen-bond donors (Lipinski definition) is 1. The molecule has 1 aliphatic heterocycles. The quantitative estimate of drug-likeness (QED) is 0.730. The lowest BCUT2D eigenvalue weighted by Crippen LogP contribution is -2.51. The molecule has 9 nitrogen and oxygen atoms in total. The van der Waals surface area contributed by atoms with E-state index in [0.29, 0.717) is 17.2 Å². The van der Waals surface area contributed by atoms with E-state index in [0.717, 1.165) is 11.1 Å². The maximum absolute atomic E-state index is 13.3. The predicted molar refractivity (Wildman–Crippen MR) is 102 cm³/mol. The summed E-state index contributed by atoms with van der Waals surface area (Å²) in [5.74, 6) is -0.307. The van der Waals surface area contributed by atoms with Crippen LogP contribution in [-0.4, -0.2) is 61.8 Å². The molecule has 1 aliphatic rings. The van der Waals surface area contributed by atoms with Crippen LogP contribution in [-0.2, 0) is 17.9 Å². The number of hydrogen-bond acceptors (Lipinski definition) is 6. The van der Waals surface area contributed by atoms with E-state index >= 15 is 0 Å². The second-order valence-electron chi connectivity index (χ2n) is 7.00. The van der Waals surface area contributed by atoms with Crippen molar-refractivity contribution in [2.24, 2.45) is 0 Å². The van der Waals surface area contributed by atoms with Gasteiger partial charge in [0.05, 0.1) is 18.6 Å². The van der Waals surface area contributed by atoms with Crippen molar-refractivity contribution in [3.63, 3.8) is 0 Å². The van der Waals surface area contributed by atoms with Crippen molar-refractivity contribution in [3.8, 4) is 0 Å². The zero-order valence-electron chi connectivity index (χ0n) is 15.8. The Kier molecular flexibility index (Phi) is 4.21. The SMILES string of the molecule is Cc1nnc2n1CC(C(=O)O)N(C(=O)c1cc(N(C)C)c3ccccc3n1)C2. The summed E-state index contributed by atoms with van der Waals surface area (Å²) >= 11 is 0. The Morgan fingerprint density at radius 1 is 1.21 bits per heavy atom. The number of carboxylic acid groups (broad SMARTS) is 1. The fourth-order valence-corrected chi connectivity index (χ4v) is 3.52. The first-order valence-corrected chi connectivity index (χ1v) is 8.86. The van der Waals surface area contributed by atoms with Gasteiger partial charge in [0.25, 0.3) is 5.91 Å². The van der Waals surface area contributed by atoms with E-state index in [2.05, 4.69) is 15.2 Å². The summed E-state index contributed by atoms with van der Waals surface area (Å²) in [6.45, 7) is 1.95. The molecule has 1 N–H and O–H groups in total. The number of para-hydroxylation sites is 1. The number of aryl methyl sites for hydroxylation is 1. The maximum atomic E-state index is 13.3. The Morgan fingerprint density at radius 2 is 1.96 bits per heavy atom. The number of carboxylic acids is 1. The van der Waals surface area contributed by atoms with Crippen molar-refractivity contribution < 1.29 is 14.7 Å². The zero-order chi connectivity index (χ0) is 20.0. The average Bonchev–Trinajstić information content (AvgIpc) is 3.05. The number of carbonyl (C=O) groups is 2. The third kappa shape index (κ3) is 2.84. The number of rotatable bonds is 3. The number of amides is 1. The van der Waals surface area contributed by atoms with Crippen LogP contribution in [0.15, 0.2) is 30.3 Å². The lowest BCUT2D eigenvalue weighted by atomic mass is 10.1. The van der Waals surface area contributed by atoms with Crippen LogP contribution in [0.5, 0.6) is 0 Å². The molecule has 9 heteroatoms. The summed E-state index contributed by atoms with van der Waals surface area (Å²) in [5, 5.41) is 18.7. The van der Waals surface area contributed by atoms with Gasteiger partial charge < -0.3 is 19.5 Å². The molecule has 2 aromatic heterocycles. The van der Waals surface area contributed by atoms with Crippen molar-refractivity contribution >= 4 is 28.5 Å². The van der Waals surface area contributed by atoms with E-state index in [9.17, 15) is 14.7 Å². The summed E-state index contributed by atoms with van der Waals surface area (Å²) in [6.07, 6.45) is 0. The minimum absolute atomic E-state index is 0.0719. The highest BCUT2D eigenvalue weighted by Crippen LogP contribution is 2.27. The molecule has 1 unspecified atom stereocenters. The fourth-order valence-electron chi connectivity index (χ4n) is 3.52. The molecule has 1 atom stereocenters. The van der Waals surface area contributed by atoms with Crippen LogP contribution in [0, 0.1) is 6.92 Å². The Bertz CT molecular complexity index is 1090. The van der Waals surface area contributed by atoms with Crippen LogP contribution < -0.4 is 4.90 Å². The lowest BCUT2D eigenvalue weighted by molar-refractivity contribution is -0.143. The van der Waals surface area contributed by atoms with Gasteiger partial charge >= 0.3 is 5.97 Å². The van der Waals surface area contributed by atoms with Gasteiger partial charge in [-0.1, -0.05) is 18.2 Å². The van der Waals surface area contributed by atoms with Crippen molar-refractivity contribution in [1.82, 2.24) is 24.6 Å². The number of aromatic nitrogens is 4. The largest absolute Gasteiger partial charge is 0.480 e. The minimum Gasteiger partial charge on any atom is -0.480 e. The molecule has 3 aromatic rings. The van der Waals surface area contributed by atoms with Crippen LogP contribution in [0.1, 0.15) is 22.1 Å². The molecule has 3 heterocycles. The third-order valence-corrected chi connectivity index (χ3v) is 5.00. The first kappa shape index (κ1) is 17.9. The van der Waals surface area contributed by atoms with Gasteiger partial charge in [-0.25, -0.2) is 9.78 Å². The molecule has 0 saturated heterocycles. The normalized spacial score (nSPS) is 16.1. The van der Waals surface area contributed by atoms with Gasteiger partial charge in [0.2, 0.25) is 0 Å². The van der Waals surface area contributed by atoms with Crippen LogP contribution in [0.4, 0.5) is 5.69 Å². The van der Waals surface area contributed by atoms with Crippen molar-refractivity contribution in [1.29, 1.82) is 0 Å². The van der Waals surface area contributed by atoms with E-state index < -0.39 is 17.9 Å². The number of anilines is 1. The van der Waals surface area contributed by atoms with Gasteiger partial charge in [-0.15, -0.1) is 10.2 Å². The fraction of sp³-hybridized carbons (Fsp3) is 0.316. The average molecular weight is 380 g/mol. The van der Waals surface area contributed by atoms with E-state index in [-0.39, 0.29) is 18.8 Å². The van der Waals surface area contributed by atoms with Gasteiger partial charge in [0.1, 0.15) is 17.6 Å². The highest BCUT2D eigenvalue weighted by molar-refractivity contribution is 6.01. The smallest absolute Gasteiger partial charge is 0.328 e. The molecular formula is C19H20N6O3. The topological polar surface area (TPSA) is 104 Å². The summed E-state index contributed by atoms with van der Waals surface area (Å²) < 4.78 is 1.74. The standard InChI is InChI=1S/C19H20N6O3/c1-11-21-22-17-10-25(16(19(27)28)9-24(11)17)18(26)14-8-15(23(2)3)12-6-4-5-7-13(12)20-14/h4-8,16H,9-10H2,1-3H3,(H,27,28). The Balaban J connectivity index is 1.79. The summed E-state index contributed by atoms with van der Waals surface area (Å²) in [6, 6.07) is 8.25. The summed E-state index contributed by atoms with van der Waals surface area (Å²) in [7, 11) is 3.78. The highest BCUT2D eigenvalue weighted by atomic mass is 16.4. The van der Waals surface area contributed by atoms with Gasteiger partial charge in [-0.2, -0.15) is 0 Å². The number of fused-ring (bicyclic) bond motifs is 2. The number of pyridine rings is 1. The van der Waals surface area contributed by atoms with Gasteiger partial charge in [0.15, 0.2) is 5.82 Å². The van der Waals surface area contributed by atoms with Gasteiger partial charge in [-0.05, 0) is 19.1 Å². The molecule has 1 aromatic carbocycles. The van der Waals surface area contributed by atoms with E-state index in [4.69, 9.17) is 0 Å². The molecule has 144 valence electrons. The lowest BCUT2D eigenvalue weighted by Gasteiger charge is -2.33. The van der Waals surface area contributed by atoms with Crippen molar-refractivity contribution in [3.05, 3.63) is 47.7 Å². The summed E-state index contributed by atoms with van der Waals surface area (Å²) in [4.78, 5) is 32.8. The first-order chi connectivity index (χ1) is 13.4.